The number of likely N-dealkylation sites (tertiary alicyclic amines) is 1. The van der Waals surface area contributed by atoms with E-state index >= 15 is 0 Å². The summed E-state index contributed by atoms with van der Waals surface area (Å²) in [4.78, 5) is 32.8. The van der Waals surface area contributed by atoms with Crippen LogP contribution < -0.4 is 5.32 Å². The number of aryl methyl sites for hydroxylation is 1. The molecule has 7 heteroatoms. The van der Waals surface area contributed by atoms with Gasteiger partial charge in [0.15, 0.2) is 0 Å². The molecule has 0 saturated carbocycles. The van der Waals surface area contributed by atoms with E-state index in [1.54, 1.807) is 35.1 Å². The molecule has 33 heavy (non-hydrogen) atoms. The zero-order valence-corrected chi connectivity index (χ0v) is 19.5. The molecule has 1 aromatic carbocycles. The van der Waals surface area contributed by atoms with Gasteiger partial charge < -0.3 is 10.2 Å². The Hall–Kier alpha value is -3.48. The van der Waals surface area contributed by atoms with Gasteiger partial charge in [-0.15, -0.1) is 0 Å². The normalized spacial score (nSPS) is 18.0. The van der Waals surface area contributed by atoms with E-state index in [4.69, 9.17) is 0 Å². The fourth-order valence-corrected chi connectivity index (χ4v) is 4.53. The summed E-state index contributed by atoms with van der Waals surface area (Å²) in [5.74, 6) is 0.272. The maximum atomic E-state index is 13.6. The van der Waals surface area contributed by atoms with E-state index < -0.39 is 5.41 Å². The Morgan fingerprint density at radius 3 is 2.64 bits per heavy atom. The molecule has 1 aliphatic heterocycles. The molecule has 0 unspecified atom stereocenters. The molecule has 1 aliphatic rings. The molecule has 0 radical (unpaired) electrons. The second-order valence-corrected chi connectivity index (χ2v) is 9.28. The number of hydrogen-bond donors (Lipinski definition) is 1. The van der Waals surface area contributed by atoms with E-state index in [9.17, 15) is 9.59 Å². The average Bonchev–Trinajstić information content (AvgIpc) is 3.45. The molecule has 1 atom stereocenters. The standard InChI is InChI=1S/C26H31N5O2/c1-19(2)16-28-25(33)26(11-14-31(18-26)24(32)23-10-13-29-30(23)3)15-20-7-4-5-9-22(20)21-8-6-12-27-17-21/h4-10,12-13,17,19H,11,14-16,18H2,1-3H3,(H,28,33)/t26-/m1/s1. The number of rotatable bonds is 7. The van der Waals surface area contributed by atoms with Gasteiger partial charge in [0.1, 0.15) is 5.69 Å². The van der Waals surface area contributed by atoms with Crippen LogP contribution in [0.5, 0.6) is 0 Å². The summed E-state index contributed by atoms with van der Waals surface area (Å²) in [6.07, 6.45) is 6.39. The van der Waals surface area contributed by atoms with E-state index in [0.29, 0.717) is 44.1 Å². The first-order valence-electron chi connectivity index (χ1n) is 11.4. The zero-order chi connectivity index (χ0) is 23.4. The van der Waals surface area contributed by atoms with Crippen LogP contribution in [0.2, 0.25) is 0 Å². The van der Waals surface area contributed by atoms with Crippen LogP contribution in [-0.2, 0) is 18.3 Å². The number of carbonyl (C=O) groups is 2. The quantitative estimate of drug-likeness (QED) is 0.605. The Bertz CT molecular complexity index is 1120. The van der Waals surface area contributed by atoms with Crippen LogP contribution in [0.25, 0.3) is 11.1 Å². The van der Waals surface area contributed by atoms with Crippen molar-refractivity contribution in [2.75, 3.05) is 19.6 Å². The van der Waals surface area contributed by atoms with Crippen LogP contribution in [0.1, 0.15) is 36.3 Å². The Balaban J connectivity index is 1.65. The molecular weight excluding hydrogens is 414 g/mol. The molecule has 7 nitrogen and oxygen atoms in total. The lowest BCUT2D eigenvalue weighted by Gasteiger charge is -2.29. The van der Waals surface area contributed by atoms with Crippen molar-refractivity contribution in [1.82, 2.24) is 25.0 Å². The second-order valence-electron chi connectivity index (χ2n) is 9.28. The summed E-state index contributed by atoms with van der Waals surface area (Å²) in [6.45, 7) is 5.69. The van der Waals surface area contributed by atoms with Crippen molar-refractivity contribution in [3.63, 3.8) is 0 Å². The molecule has 3 heterocycles. The van der Waals surface area contributed by atoms with Crippen LogP contribution in [0.3, 0.4) is 0 Å². The predicted molar refractivity (Wildman–Crippen MR) is 127 cm³/mol. The second kappa shape index (κ2) is 9.57. The van der Waals surface area contributed by atoms with Gasteiger partial charge in [-0.1, -0.05) is 44.2 Å². The van der Waals surface area contributed by atoms with Gasteiger partial charge in [0.25, 0.3) is 5.91 Å². The van der Waals surface area contributed by atoms with Crippen molar-refractivity contribution in [2.24, 2.45) is 18.4 Å². The highest BCUT2D eigenvalue weighted by Gasteiger charge is 2.46. The van der Waals surface area contributed by atoms with Crippen molar-refractivity contribution in [2.45, 2.75) is 26.7 Å². The number of aromatic nitrogens is 3. The SMILES string of the molecule is CC(C)CNC(=O)[C@@]1(Cc2ccccc2-c2cccnc2)CCN(C(=O)c2ccnn2C)C1. The number of nitrogens with one attached hydrogen (secondary N) is 1. The van der Waals surface area contributed by atoms with Crippen LogP contribution in [0.4, 0.5) is 0 Å². The van der Waals surface area contributed by atoms with E-state index in [-0.39, 0.29) is 11.8 Å². The van der Waals surface area contributed by atoms with Crippen molar-refractivity contribution < 1.29 is 9.59 Å². The lowest BCUT2D eigenvalue weighted by molar-refractivity contribution is -0.130. The smallest absolute Gasteiger partial charge is 0.272 e. The molecule has 3 aromatic rings. The monoisotopic (exact) mass is 445 g/mol. The first-order chi connectivity index (χ1) is 15.9. The van der Waals surface area contributed by atoms with E-state index in [2.05, 4.69) is 41.4 Å². The summed E-state index contributed by atoms with van der Waals surface area (Å²) >= 11 is 0. The lowest BCUT2D eigenvalue weighted by atomic mass is 9.78. The highest BCUT2D eigenvalue weighted by molar-refractivity contribution is 5.94. The van der Waals surface area contributed by atoms with Crippen molar-refractivity contribution >= 4 is 11.8 Å². The van der Waals surface area contributed by atoms with Gasteiger partial charge in [0.2, 0.25) is 5.91 Å². The molecule has 1 saturated heterocycles. The first-order valence-corrected chi connectivity index (χ1v) is 11.4. The van der Waals surface area contributed by atoms with Crippen LogP contribution >= 0.6 is 0 Å². The van der Waals surface area contributed by atoms with Crippen LogP contribution in [0, 0.1) is 11.3 Å². The van der Waals surface area contributed by atoms with Gasteiger partial charge in [0.05, 0.1) is 5.41 Å². The number of pyridine rings is 1. The minimum absolute atomic E-state index is 0.0116. The summed E-state index contributed by atoms with van der Waals surface area (Å²) in [5.41, 5.74) is 3.01. The Kier molecular flexibility index (Phi) is 6.58. The third-order valence-electron chi connectivity index (χ3n) is 6.35. The lowest BCUT2D eigenvalue weighted by Crippen LogP contribution is -2.46. The highest BCUT2D eigenvalue weighted by Crippen LogP contribution is 2.38. The number of carbonyl (C=O) groups excluding carboxylic acids is 2. The third-order valence-corrected chi connectivity index (χ3v) is 6.35. The van der Waals surface area contributed by atoms with Crippen LogP contribution in [0.15, 0.2) is 61.1 Å². The van der Waals surface area contributed by atoms with Gasteiger partial charge >= 0.3 is 0 Å². The molecule has 0 aliphatic carbocycles. The van der Waals surface area contributed by atoms with Gasteiger partial charge in [-0.2, -0.15) is 5.10 Å². The predicted octanol–water partition coefficient (Wildman–Crippen LogP) is 3.33. The maximum absolute atomic E-state index is 13.6. The minimum atomic E-state index is -0.693. The molecule has 4 rings (SSSR count). The van der Waals surface area contributed by atoms with E-state index in [1.807, 2.05) is 30.5 Å². The Morgan fingerprint density at radius 2 is 1.94 bits per heavy atom. The third kappa shape index (κ3) is 4.82. The summed E-state index contributed by atoms with van der Waals surface area (Å²) in [6, 6.07) is 13.8. The summed E-state index contributed by atoms with van der Waals surface area (Å²) in [5, 5.41) is 7.27. The van der Waals surface area contributed by atoms with Gasteiger partial charge in [-0.25, -0.2) is 0 Å². The van der Waals surface area contributed by atoms with Crippen molar-refractivity contribution in [3.8, 4) is 11.1 Å². The average molecular weight is 446 g/mol. The fraction of sp³-hybridized carbons (Fsp3) is 0.385. The molecule has 0 bridgehead atoms. The molecule has 2 amide bonds. The summed E-state index contributed by atoms with van der Waals surface area (Å²) in [7, 11) is 1.76. The van der Waals surface area contributed by atoms with Crippen molar-refractivity contribution in [1.29, 1.82) is 0 Å². The zero-order valence-electron chi connectivity index (χ0n) is 19.5. The molecule has 2 aromatic heterocycles. The summed E-state index contributed by atoms with van der Waals surface area (Å²) < 4.78 is 1.58. The number of hydrogen-bond acceptors (Lipinski definition) is 4. The minimum Gasteiger partial charge on any atom is -0.355 e. The number of amides is 2. The molecule has 1 fully saturated rings. The van der Waals surface area contributed by atoms with Gasteiger partial charge in [-0.3, -0.25) is 19.3 Å². The number of nitrogens with zero attached hydrogens (tertiary/aromatic N) is 4. The van der Waals surface area contributed by atoms with Crippen molar-refractivity contribution in [3.05, 3.63) is 72.3 Å². The van der Waals surface area contributed by atoms with E-state index in [1.165, 1.54) is 0 Å². The number of benzene rings is 1. The topological polar surface area (TPSA) is 80.1 Å². The Labute approximate surface area is 194 Å². The van der Waals surface area contributed by atoms with Gasteiger partial charge in [0, 0.05) is 50.8 Å². The molecular formula is C26H31N5O2. The molecule has 0 spiro atoms. The molecule has 1 N–H and O–H groups in total. The fourth-order valence-electron chi connectivity index (χ4n) is 4.53. The van der Waals surface area contributed by atoms with Gasteiger partial charge in [-0.05, 0) is 42.0 Å². The Morgan fingerprint density at radius 1 is 1.12 bits per heavy atom. The first kappa shape index (κ1) is 22.7. The molecule has 172 valence electrons. The van der Waals surface area contributed by atoms with E-state index in [0.717, 1.165) is 16.7 Å². The van der Waals surface area contributed by atoms with Crippen LogP contribution in [-0.4, -0.2) is 51.1 Å². The highest BCUT2D eigenvalue weighted by atomic mass is 16.2. The maximum Gasteiger partial charge on any atom is 0.272 e. The largest absolute Gasteiger partial charge is 0.355 e.